The second-order valence-corrected chi connectivity index (χ2v) is 5.15. The van der Waals surface area contributed by atoms with Gasteiger partial charge in [0.15, 0.2) is 5.76 Å². The molecule has 6 nitrogen and oxygen atoms in total. The molecule has 2 aromatic rings. The summed E-state index contributed by atoms with van der Waals surface area (Å²) in [6.45, 7) is 3.76. The molecule has 0 spiro atoms. The number of amides is 1. The van der Waals surface area contributed by atoms with Gasteiger partial charge in [0.2, 0.25) is 0 Å². The van der Waals surface area contributed by atoms with Crippen molar-refractivity contribution in [2.75, 3.05) is 17.2 Å². The van der Waals surface area contributed by atoms with Crippen LogP contribution in [-0.4, -0.2) is 24.5 Å². The summed E-state index contributed by atoms with van der Waals surface area (Å²) in [6, 6.07) is 7.65. The van der Waals surface area contributed by atoms with Crippen molar-refractivity contribution in [2.45, 2.75) is 19.9 Å². The lowest BCUT2D eigenvalue weighted by Crippen LogP contribution is -2.28. The quantitative estimate of drug-likeness (QED) is 0.788. The van der Waals surface area contributed by atoms with Gasteiger partial charge in [-0.1, -0.05) is 11.6 Å². The maximum Gasteiger partial charge on any atom is 0.328 e. The third kappa shape index (κ3) is 4.50. The lowest BCUT2D eigenvalue weighted by Gasteiger charge is -2.15. The third-order valence-electron chi connectivity index (χ3n) is 2.99. The molecule has 0 aliphatic rings. The molecule has 1 aromatic carbocycles. The van der Waals surface area contributed by atoms with Gasteiger partial charge in [0.05, 0.1) is 23.6 Å². The molecule has 0 radical (unpaired) electrons. The maximum atomic E-state index is 11.9. The van der Waals surface area contributed by atoms with Crippen molar-refractivity contribution in [2.24, 2.45) is 0 Å². The standard InChI is InChI=1S/C16H17ClN2O4/c1-3-22-16(21)10(2)18-11-6-7-13(12(17)9-11)19-15(20)14-5-4-8-23-14/h4-10,18H,3H2,1-2H3,(H,19,20)/t10-/m1/s1. The Kier molecular flexibility index (Phi) is 5.65. The summed E-state index contributed by atoms with van der Waals surface area (Å²) in [5, 5.41) is 5.98. The minimum Gasteiger partial charge on any atom is -0.464 e. The minimum absolute atomic E-state index is 0.194. The van der Waals surface area contributed by atoms with Gasteiger partial charge in [-0.25, -0.2) is 4.79 Å². The van der Waals surface area contributed by atoms with Crippen LogP contribution in [0.1, 0.15) is 24.4 Å². The van der Waals surface area contributed by atoms with Gasteiger partial charge in [0.25, 0.3) is 5.91 Å². The van der Waals surface area contributed by atoms with E-state index in [1.807, 2.05) is 0 Å². The van der Waals surface area contributed by atoms with E-state index in [9.17, 15) is 9.59 Å². The van der Waals surface area contributed by atoms with Crippen LogP contribution in [0.15, 0.2) is 41.0 Å². The van der Waals surface area contributed by atoms with Crippen LogP contribution >= 0.6 is 11.6 Å². The van der Waals surface area contributed by atoms with Crippen molar-refractivity contribution in [3.63, 3.8) is 0 Å². The molecule has 1 heterocycles. The Balaban J connectivity index is 2.03. The molecule has 1 amide bonds. The van der Waals surface area contributed by atoms with E-state index >= 15 is 0 Å². The zero-order valence-electron chi connectivity index (χ0n) is 12.8. The smallest absolute Gasteiger partial charge is 0.328 e. The fourth-order valence-electron chi connectivity index (χ4n) is 1.87. The van der Waals surface area contributed by atoms with E-state index in [0.29, 0.717) is 23.0 Å². The van der Waals surface area contributed by atoms with E-state index in [2.05, 4.69) is 10.6 Å². The van der Waals surface area contributed by atoms with Gasteiger partial charge < -0.3 is 19.8 Å². The topological polar surface area (TPSA) is 80.6 Å². The van der Waals surface area contributed by atoms with Gasteiger partial charge >= 0.3 is 5.97 Å². The number of nitrogens with one attached hydrogen (secondary N) is 2. The SMILES string of the molecule is CCOC(=O)[C@@H](C)Nc1ccc(NC(=O)c2ccco2)c(Cl)c1. The summed E-state index contributed by atoms with van der Waals surface area (Å²) in [5.74, 6) is -0.546. The third-order valence-corrected chi connectivity index (χ3v) is 3.30. The second kappa shape index (κ2) is 7.69. The molecule has 0 bridgehead atoms. The first-order valence-corrected chi connectivity index (χ1v) is 7.46. The van der Waals surface area contributed by atoms with Gasteiger partial charge in [-0.15, -0.1) is 0 Å². The van der Waals surface area contributed by atoms with E-state index in [4.69, 9.17) is 20.8 Å². The Hall–Kier alpha value is -2.47. The molecular weight excluding hydrogens is 320 g/mol. The highest BCUT2D eigenvalue weighted by molar-refractivity contribution is 6.34. The monoisotopic (exact) mass is 336 g/mol. The number of rotatable bonds is 6. The highest BCUT2D eigenvalue weighted by Gasteiger charge is 2.15. The van der Waals surface area contributed by atoms with Crippen molar-refractivity contribution >= 4 is 34.9 Å². The van der Waals surface area contributed by atoms with Crippen molar-refractivity contribution in [1.82, 2.24) is 0 Å². The number of hydrogen-bond donors (Lipinski definition) is 2. The Morgan fingerprint density at radius 1 is 1.35 bits per heavy atom. The summed E-state index contributed by atoms with van der Waals surface area (Å²) < 4.78 is 9.94. The van der Waals surface area contributed by atoms with E-state index in [1.54, 1.807) is 44.2 Å². The normalized spacial score (nSPS) is 11.6. The van der Waals surface area contributed by atoms with Crippen LogP contribution in [0.2, 0.25) is 5.02 Å². The number of esters is 1. The van der Waals surface area contributed by atoms with Gasteiger partial charge in [-0.3, -0.25) is 4.79 Å². The molecule has 0 unspecified atom stereocenters. The summed E-state index contributed by atoms with van der Waals surface area (Å²) in [6.07, 6.45) is 1.42. The maximum absolute atomic E-state index is 11.9. The number of hydrogen-bond acceptors (Lipinski definition) is 5. The number of carbonyl (C=O) groups excluding carboxylic acids is 2. The zero-order valence-corrected chi connectivity index (χ0v) is 13.5. The lowest BCUT2D eigenvalue weighted by molar-refractivity contribution is -0.143. The number of furan rings is 1. The van der Waals surface area contributed by atoms with E-state index in [0.717, 1.165) is 0 Å². The summed E-state index contributed by atoms with van der Waals surface area (Å²) in [7, 11) is 0. The molecule has 1 atom stereocenters. The van der Waals surface area contributed by atoms with Crippen molar-refractivity contribution in [3.05, 3.63) is 47.4 Å². The van der Waals surface area contributed by atoms with Gasteiger partial charge in [0, 0.05) is 5.69 Å². The largest absolute Gasteiger partial charge is 0.464 e. The molecule has 23 heavy (non-hydrogen) atoms. The predicted molar refractivity (Wildman–Crippen MR) is 87.8 cm³/mol. The summed E-state index contributed by atoms with van der Waals surface area (Å²) >= 11 is 6.16. The van der Waals surface area contributed by atoms with Gasteiger partial charge in [-0.05, 0) is 44.2 Å². The first-order valence-electron chi connectivity index (χ1n) is 7.09. The van der Waals surface area contributed by atoms with Crippen molar-refractivity contribution in [3.8, 4) is 0 Å². The number of halogens is 1. The molecular formula is C16H17ClN2O4. The van der Waals surface area contributed by atoms with Gasteiger partial charge in [-0.2, -0.15) is 0 Å². The fraction of sp³-hybridized carbons (Fsp3) is 0.250. The molecule has 0 aliphatic carbocycles. The fourth-order valence-corrected chi connectivity index (χ4v) is 2.10. The highest BCUT2D eigenvalue weighted by Crippen LogP contribution is 2.26. The Morgan fingerprint density at radius 2 is 2.13 bits per heavy atom. The molecule has 1 aromatic heterocycles. The van der Waals surface area contributed by atoms with Crippen molar-refractivity contribution in [1.29, 1.82) is 0 Å². The Labute approximate surface area is 138 Å². The van der Waals surface area contributed by atoms with Crippen molar-refractivity contribution < 1.29 is 18.7 Å². The molecule has 0 saturated heterocycles. The molecule has 2 N–H and O–H groups in total. The second-order valence-electron chi connectivity index (χ2n) is 4.74. The molecule has 0 saturated carbocycles. The Morgan fingerprint density at radius 3 is 2.74 bits per heavy atom. The van der Waals surface area contributed by atoms with Gasteiger partial charge in [0.1, 0.15) is 6.04 Å². The van der Waals surface area contributed by atoms with E-state index in [1.165, 1.54) is 6.26 Å². The number of benzene rings is 1. The molecule has 0 aliphatic heterocycles. The van der Waals surface area contributed by atoms with Crippen LogP contribution in [0.5, 0.6) is 0 Å². The van der Waals surface area contributed by atoms with Crippen LogP contribution < -0.4 is 10.6 Å². The van der Waals surface area contributed by atoms with Crippen LogP contribution in [0.25, 0.3) is 0 Å². The average Bonchev–Trinajstić information content (AvgIpc) is 3.04. The highest BCUT2D eigenvalue weighted by atomic mass is 35.5. The van der Waals surface area contributed by atoms with E-state index < -0.39 is 11.9 Å². The molecule has 122 valence electrons. The average molecular weight is 337 g/mol. The number of anilines is 2. The minimum atomic E-state index is -0.505. The predicted octanol–water partition coefficient (Wildman–Crippen LogP) is 3.55. The first-order chi connectivity index (χ1) is 11.0. The molecule has 7 heteroatoms. The van der Waals surface area contributed by atoms with Crippen LogP contribution in [-0.2, 0) is 9.53 Å². The number of ether oxygens (including phenoxy) is 1. The summed E-state index contributed by atoms with van der Waals surface area (Å²) in [5.41, 5.74) is 1.09. The zero-order chi connectivity index (χ0) is 16.8. The summed E-state index contributed by atoms with van der Waals surface area (Å²) in [4.78, 5) is 23.5. The molecule has 2 rings (SSSR count). The first kappa shape index (κ1) is 16.9. The van der Waals surface area contributed by atoms with E-state index in [-0.39, 0.29) is 11.7 Å². The lowest BCUT2D eigenvalue weighted by atomic mass is 10.2. The Bertz CT molecular complexity index is 685. The van der Waals surface area contributed by atoms with Crippen LogP contribution in [0.4, 0.5) is 11.4 Å². The van der Waals surface area contributed by atoms with Crippen LogP contribution in [0, 0.1) is 0 Å². The molecule has 0 fully saturated rings. The van der Waals surface area contributed by atoms with Crippen LogP contribution in [0.3, 0.4) is 0 Å². The number of carbonyl (C=O) groups is 2.